The largest absolute Gasteiger partial charge is 0.492 e. The summed E-state index contributed by atoms with van der Waals surface area (Å²) in [6.45, 7) is 1.82. The topological polar surface area (TPSA) is 29.5 Å². The number of benzene rings is 2. The second kappa shape index (κ2) is 5.14. The molecule has 96 valence electrons. The van der Waals surface area contributed by atoms with E-state index in [9.17, 15) is 4.79 Å². The zero-order chi connectivity index (χ0) is 13.1. The van der Waals surface area contributed by atoms with Gasteiger partial charge in [-0.15, -0.1) is 0 Å². The molecule has 2 aromatic carbocycles. The highest BCUT2D eigenvalue weighted by molar-refractivity contribution is 5.98. The van der Waals surface area contributed by atoms with Gasteiger partial charge in [0.1, 0.15) is 12.4 Å². The predicted molar refractivity (Wildman–Crippen MR) is 73.1 cm³/mol. The molecule has 0 saturated heterocycles. The highest BCUT2D eigenvalue weighted by Gasteiger charge is 2.26. The zero-order valence-electron chi connectivity index (χ0n) is 10.6. The Kier molecular flexibility index (Phi) is 3.19. The Hall–Kier alpha value is -2.29. The number of hydrogen-bond acceptors (Lipinski definition) is 2. The van der Waals surface area contributed by atoms with Gasteiger partial charge in [0.05, 0.1) is 6.54 Å². The quantitative estimate of drug-likeness (QED) is 0.838. The first-order chi connectivity index (χ1) is 9.34. The molecule has 0 bridgehead atoms. The average Bonchev–Trinajstić information content (AvgIpc) is 2.78. The Bertz CT molecular complexity index is 580. The molecule has 0 saturated carbocycles. The van der Waals surface area contributed by atoms with Crippen molar-refractivity contribution in [3.05, 3.63) is 65.7 Å². The second-order valence-electron chi connectivity index (χ2n) is 4.55. The number of amides is 1. The summed E-state index contributed by atoms with van der Waals surface area (Å²) in [6.07, 6.45) is 0. The van der Waals surface area contributed by atoms with Crippen LogP contribution in [0.3, 0.4) is 0 Å². The number of rotatable bonds is 4. The van der Waals surface area contributed by atoms with Crippen molar-refractivity contribution >= 4 is 5.91 Å². The maximum absolute atomic E-state index is 12.1. The molecule has 1 aliphatic rings. The van der Waals surface area contributed by atoms with E-state index in [0.29, 0.717) is 19.7 Å². The maximum atomic E-state index is 12.1. The fourth-order valence-electron chi connectivity index (χ4n) is 2.29. The van der Waals surface area contributed by atoms with Crippen LogP contribution in [0.1, 0.15) is 15.9 Å². The van der Waals surface area contributed by atoms with Gasteiger partial charge in [-0.2, -0.15) is 0 Å². The standard InChI is InChI=1S/C16H15NO2/c18-16-15-9-5-4-6-13(15)12-17(16)10-11-19-14-7-2-1-3-8-14/h1-9H,10-12H2. The number of nitrogens with zero attached hydrogens (tertiary/aromatic N) is 1. The molecule has 0 aliphatic carbocycles. The zero-order valence-corrected chi connectivity index (χ0v) is 10.6. The number of fused-ring (bicyclic) bond motifs is 1. The van der Waals surface area contributed by atoms with E-state index in [1.54, 1.807) is 0 Å². The van der Waals surface area contributed by atoms with E-state index in [4.69, 9.17) is 4.74 Å². The van der Waals surface area contributed by atoms with Gasteiger partial charge in [-0.1, -0.05) is 36.4 Å². The molecule has 0 unspecified atom stereocenters. The number of ether oxygens (including phenoxy) is 1. The Labute approximate surface area is 112 Å². The van der Waals surface area contributed by atoms with Crippen LogP contribution in [0.2, 0.25) is 0 Å². The molecular weight excluding hydrogens is 238 g/mol. The van der Waals surface area contributed by atoms with Crippen molar-refractivity contribution < 1.29 is 9.53 Å². The van der Waals surface area contributed by atoms with Gasteiger partial charge >= 0.3 is 0 Å². The van der Waals surface area contributed by atoms with Crippen LogP contribution >= 0.6 is 0 Å². The number of hydrogen-bond donors (Lipinski definition) is 0. The van der Waals surface area contributed by atoms with Gasteiger partial charge < -0.3 is 9.64 Å². The van der Waals surface area contributed by atoms with E-state index in [2.05, 4.69) is 0 Å². The minimum Gasteiger partial charge on any atom is -0.492 e. The molecule has 19 heavy (non-hydrogen) atoms. The molecule has 0 atom stereocenters. The van der Waals surface area contributed by atoms with Gasteiger partial charge in [-0.05, 0) is 23.8 Å². The van der Waals surface area contributed by atoms with Crippen LogP contribution in [-0.4, -0.2) is 24.0 Å². The molecule has 2 aromatic rings. The summed E-state index contributed by atoms with van der Waals surface area (Å²) in [5, 5.41) is 0. The summed E-state index contributed by atoms with van der Waals surface area (Å²) >= 11 is 0. The fourth-order valence-corrected chi connectivity index (χ4v) is 2.29. The number of para-hydroxylation sites is 1. The van der Waals surface area contributed by atoms with Crippen LogP contribution in [0.15, 0.2) is 54.6 Å². The summed E-state index contributed by atoms with van der Waals surface area (Å²) in [6, 6.07) is 17.4. The molecule has 0 aromatic heterocycles. The maximum Gasteiger partial charge on any atom is 0.254 e. The molecule has 3 nitrogen and oxygen atoms in total. The minimum atomic E-state index is 0.104. The van der Waals surface area contributed by atoms with Gasteiger partial charge in [0.25, 0.3) is 5.91 Å². The Morgan fingerprint density at radius 3 is 2.53 bits per heavy atom. The molecule has 0 spiro atoms. The molecule has 1 heterocycles. The number of carbonyl (C=O) groups is 1. The molecule has 3 rings (SSSR count). The first kappa shape index (κ1) is 11.8. The normalized spacial score (nSPS) is 13.5. The van der Waals surface area contributed by atoms with Crippen molar-refractivity contribution in [3.63, 3.8) is 0 Å². The molecule has 0 fully saturated rings. The lowest BCUT2D eigenvalue weighted by atomic mass is 10.1. The smallest absolute Gasteiger partial charge is 0.254 e. The average molecular weight is 253 g/mol. The van der Waals surface area contributed by atoms with Crippen LogP contribution in [0.5, 0.6) is 5.75 Å². The molecule has 0 radical (unpaired) electrons. The van der Waals surface area contributed by atoms with Gasteiger partial charge in [-0.25, -0.2) is 0 Å². The summed E-state index contributed by atoms with van der Waals surface area (Å²) < 4.78 is 5.62. The van der Waals surface area contributed by atoms with Crippen molar-refractivity contribution in [2.24, 2.45) is 0 Å². The first-order valence-electron chi connectivity index (χ1n) is 6.39. The van der Waals surface area contributed by atoms with Crippen molar-refractivity contribution in [3.8, 4) is 5.75 Å². The van der Waals surface area contributed by atoms with Gasteiger partial charge in [-0.3, -0.25) is 4.79 Å². The first-order valence-corrected chi connectivity index (χ1v) is 6.39. The van der Waals surface area contributed by atoms with E-state index in [1.807, 2.05) is 59.5 Å². The van der Waals surface area contributed by atoms with E-state index in [1.165, 1.54) is 0 Å². The minimum absolute atomic E-state index is 0.104. The monoisotopic (exact) mass is 253 g/mol. The molecule has 1 aliphatic heterocycles. The van der Waals surface area contributed by atoms with Crippen molar-refractivity contribution in [1.82, 2.24) is 4.90 Å². The fraction of sp³-hybridized carbons (Fsp3) is 0.188. The van der Waals surface area contributed by atoms with Gasteiger partial charge in [0.15, 0.2) is 0 Å². The summed E-state index contributed by atoms with van der Waals surface area (Å²) in [5.74, 6) is 0.943. The van der Waals surface area contributed by atoms with Crippen LogP contribution in [0.25, 0.3) is 0 Å². The van der Waals surface area contributed by atoms with Gasteiger partial charge in [0.2, 0.25) is 0 Å². The summed E-state index contributed by atoms with van der Waals surface area (Å²) in [7, 11) is 0. The third-order valence-electron chi connectivity index (χ3n) is 3.27. The third kappa shape index (κ3) is 2.45. The second-order valence-corrected chi connectivity index (χ2v) is 4.55. The lowest BCUT2D eigenvalue weighted by molar-refractivity contribution is 0.0753. The Morgan fingerprint density at radius 2 is 1.74 bits per heavy atom. The molecule has 3 heteroatoms. The van der Waals surface area contributed by atoms with Crippen LogP contribution < -0.4 is 4.74 Å². The highest BCUT2D eigenvalue weighted by Crippen LogP contribution is 2.21. The molecule has 1 amide bonds. The van der Waals surface area contributed by atoms with E-state index >= 15 is 0 Å². The summed E-state index contributed by atoms with van der Waals surface area (Å²) in [4.78, 5) is 13.9. The highest BCUT2D eigenvalue weighted by atomic mass is 16.5. The predicted octanol–water partition coefficient (Wildman–Crippen LogP) is 2.72. The van der Waals surface area contributed by atoms with E-state index in [0.717, 1.165) is 16.9 Å². The van der Waals surface area contributed by atoms with Crippen LogP contribution in [0.4, 0.5) is 0 Å². The van der Waals surface area contributed by atoms with Crippen molar-refractivity contribution in [1.29, 1.82) is 0 Å². The van der Waals surface area contributed by atoms with E-state index in [-0.39, 0.29) is 5.91 Å². The molecular formula is C16H15NO2. The molecule has 0 N–H and O–H groups in total. The number of carbonyl (C=O) groups excluding carboxylic acids is 1. The Balaban J connectivity index is 1.57. The third-order valence-corrected chi connectivity index (χ3v) is 3.27. The SMILES string of the molecule is O=C1c2ccccc2CN1CCOc1ccccc1. The van der Waals surface area contributed by atoms with Crippen molar-refractivity contribution in [2.75, 3.05) is 13.2 Å². The van der Waals surface area contributed by atoms with Crippen LogP contribution in [0, 0.1) is 0 Å². The van der Waals surface area contributed by atoms with Crippen LogP contribution in [-0.2, 0) is 6.54 Å². The van der Waals surface area contributed by atoms with E-state index < -0.39 is 0 Å². The Morgan fingerprint density at radius 1 is 1.00 bits per heavy atom. The lowest BCUT2D eigenvalue weighted by Crippen LogP contribution is -2.28. The van der Waals surface area contributed by atoms with Gasteiger partial charge in [0, 0.05) is 12.1 Å². The van der Waals surface area contributed by atoms with Crippen molar-refractivity contribution in [2.45, 2.75) is 6.54 Å². The lowest BCUT2D eigenvalue weighted by Gasteiger charge is -2.15. The summed E-state index contributed by atoms with van der Waals surface area (Å²) in [5.41, 5.74) is 1.93.